The number of amides is 1. The minimum Gasteiger partial charge on any atom is -0.480 e. The van der Waals surface area contributed by atoms with Crippen LogP contribution in [0.3, 0.4) is 0 Å². The van der Waals surface area contributed by atoms with Crippen LogP contribution in [0, 0.1) is 0 Å². The number of aliphatic hydroxyl groups is 1. The average molecular weight is 744 g/mol. The zero-order chi connectivity index (χ0) is 37.8. The number of hydrogen-bond donors (Lipinski definition) is 4. The number of allylic oxidation sites excluding steroid dienone is 6. The molecule has 0 aliphatic carbocycles. The molecule has 0 spiro atoms. The highest BCUT2D eigenvalue weighted by Gasteiger charge is 2.28. The maximum Gasteiger partial charge on any atom is 0.472 e. The first-order chi connectivity index (χ1) is 24.6. The lowest BCUT2D eigenvalue weighted by Crippen LogP contribution is -2.43. The van der Waals surface area contributed by atoms with E-state index >= 15 is 0 Å². The zero-order valence-corrected chi connectivity index (χ0v) is 32.5. The van der Waals surface area contributed by atoms with Crippen LogP contribution < -0.4 is 5.32 Å². The summed E-state index contributed by atoms with van der Waals surface area (Å²) in [5.74, 6) is -2.39. The second-order valence-electron chi connectivity index (χ2n) is 13.1. The molecule has 3 unspecified atom stereocenters. The van der Waals surface area contributed by atoms with Crippen molar-refractivity contribution in [3.8, 4) is 0 Å². The summed E-state index contributed by atoms with van der Waals surface area (Å²) in [5, 5.41) is 21.7. The number of ether oxygens (including phenoxy) is 1. The molecule has 0 heterocycles. The lowest BCUT2D eigenvalue weighted by molar-refractivity contribution is -0.147. The molecule has 0 fully saturated rings. The van der Waals surface area contributed by atoms with Crippen molar-refractivity contribution in [2.45, 2.75) is 174 Å². The Kier molecular flexibility index (Phi) is 33.2. The summed E-state index contributed by atoms with van der Waals surface area (Å²) in [7, 11) is -4.75. The van der Waals surface area contributed by atoms with Crippen LogP contribution in [0.15, 0.2) is 36.5 Å². The van der Waals surface area contributed by atoms with Crippen LogP contribution in [0.2, 0.25) is 0 Å². The predicted octanol–water partition coefficient (Wildman–Crippen LogP) is 9.27. The molecule has 0 aromatic heterocycles. The standard InChI is InChI=1S/C39H70NO10P/c1-3-5-7-9-11-13-15-16-17-18-19-20-21-23-25-27-29-31-38(43)48-32-35(41)33-49-51(46,47)50-34-36(39(44)45)40-37(42)30-28-26-24-22-14-12-10-8-6-4-2/h5,7,11,13,16-17,35-36,41H,3-4,6,8-10,12,14-15,18-34H2,1-2H3,(H,40,42)(H,44,45)(H,46,47)/b7-5-,13-11-,17-16-. The molecule has 51 heavy (non-hydrogen) atoms. The Bertz CT molecular complexity index is 1020. The largest absolute Gasteiger partial charge is 0.480 e. The third-order valence-electron chi connectivity index (χ3n) is 8.19. The van der Waals surface area contributed by atoms with Gasteiger partial charge in [0.2, 0.25) is 5.91 Å². The van der Waals surface area contributed by atoms with Gasteiger partial charge in [0.15, 0.2) is 6.04 Å². The smallest absolute Gasteiger partial charge is 0.472 e. The number of phosphoric ester groups is 1. The monoisotopic (exact) mass is 743 g/mol. The Morgan fingerprint density at radius 2 is 1.14 bits per heavy atom. The summed E-state index contributed by atoms with van der Waals surface area (Å²) in [6, 6.07) is -1.54. The summed E-state index contributed by atoms with van der Waals surface area (Å²) < 4.78 is 26.7. The molecular formula is C39H70NO10P. The van der Waals surface area contributed by atoms with E-state index < -0.39 is 57.6 Å². The van der Waals surface area contributed by atoms with Gasteiger partial charge in [-0.2, -0.15) is 0 Å². The third-order valence-corrected chi connectivity index (χ3v) is 9.14. The van der Waals surface area contributed by atoms with E-state index in [0.717, 1.165) is 70.6 Å². The maximum absolute atomic E-state index is 12.2. The minimum absolute atomic E-state index is 0.146. The number of aliphatic hydroxyl groups excluding tert-OH is 1. The fourth-order valence-electron chi connectivity index (χ4n) is 5.15. The molecular weight excluding hydrogens is 673 g/mol. The van der Waals surface area contributed by atoms with Crippen molar-refractivity contribution >= 4 is 25.7 Å². The molecule has 4 N–H and O–H groups in total. The number of esters is 1. The first-order valence-corrected chi connectivity index (χ1v) is 21.0. The first-order valence-electron chi connectivity index (χ1n) is 19.5. The molecule has 0 rings (SSSR count). The van der Waals surface area contributed by atoms with Crippen molar-refractivity contribution in [3.63, 3.8) is 0 Å². The molecule has 0 aromatic carbocycles. The van der Waals surface area contributed by atoms with Crippen LogP contribution in [-0.2, 0) is 32.7 Å². The van der Waals surface area contributed by atoms with E-state index in [-0.39, 0.29) is 12.8 Å². The van der Waals surface area contributed by atoms with E-state index in [0.29, 0.717) is 12.8 Å². The van der Waals surface area contributed by atoms with E-state index in [4.69, 9.17) is 13.8 Å². The first kappa shape index (κ1) is 48.7. The summed E-state index contributed by atoms with van der Waals surface area (Å²) in [6.07, 6.45) is 34.7. The molecule has 0 aromatic rings. The van der Waals surface area contributed by atoms with Crippen LogP contribution in [0.5, 0.6) is 0 Å². The quantitative estimate of drug-likeness (QED) is 0.0210. The topological polar surface area (TPSA) is 169 Å². The third kappa shape index (κ3) is 34.5. The Hall–Kier alpha value is -2.30. The summed E-state index contributed by atoms with van der Waals surface area (Å²) in [4.78, 5) is 45.6. The Labute approximate surface area is 308 Å². The summed E-state index contributed by atoms with van der Waals surface area (Å²) >= 11 is 0. The molecule has 0 aliphatic rings. The van der Waals surface area contributed by atoms with Gasteiger partial charge in [0.1, 0.15) is 12.7 Å². The highest BCUT2D eigenvalue weighted by Crippen LogP contribution is 2.43. The number of hydrogen-bond acceptors (Lipinski definition) is 8. The highest BCUT2D eigenvalue weighted by molar-refractivity contribution is 7.47. The SMILES string of the molecule is CC/C=C\C/C=C\C/C=C\CCCCCCCCCC(=O)OCC(O)COP(=O)(O)OCC(NC(=O)CCCCCCCCCCCC)C(=O)O. The number of phosphoric acid groups is 1. The van der Waals surface area contributed by atoms with Gasteiger partial charge < -0.3 is 25.2 Å². The Morgan fingerprint density at radius 1 is 0.647 bits per heavy atom. The highest BCUT2D eigenvalue weighted by atomic mass is 31.2. The Balaban J connectivity index is 3.93. The van der Waals surface area contributed by atoms with Gasteiger partial charge in [0.25, 0.3) is 0 Å². The van der Waals surface area contributed by atoms with Gasteiger partial charge in [-0.25, -0.2) is 9.36 Å². The van der Waals surface area contributed by atoms with E-state index in [1.807, 2.05) is 0 Å². The number of nitrogens with one attached hydrogen (secondary N) is 1. The van der Waals surface area contributed by atoms with Gasteiger partial charge >= 0.3 is 19.8 Å². The van der Waals surface area contributed by atoms with Crippen molar-refractivity contribution < 1.29 is 47.8 Å². The molecule has 0 aliphatic heterocycles. The molecule has 0 bridgehead atoms. The van der Waals surface area contributed by atoms with E-state index in [9.17, 15) is 34.1 Å². The molecule has 296 valence electrons. The van der Waals surface area contributed by atoms with Crippen molar-refractivity contribution in [1.82, 2.24) is 5.32 Å². The average Bonchev–Trinajstić information content (AvgIpc) is 3.10. The molecule has 0 saturated heterocycles. The van der Waals surface area contributed by atoms with E-state index in [2.05, 4.69) is 55.6 Å². The van der Waals surface area contributed by atoms with Crippen molar-refractivity contribution in [2.24, 2.45) is 0 Å². The van der Waals surface area contributed by atoms with Gasteiger partial charge in [-0.1, -0.05) is 140 Å². The molecule has 11 nitrogen and oxygen atoms in total. The lowest BCUT2D eigenvalue weighted by Gasteiger charge is -2.18. The second-order valence-corrected chi connectivity index (χ2v) is 14.5. The van der Waals surface area contributed by atoms with Gasteiger partial charge in [0.05, 0.1) is 13.2 Å². The van der Waals surface area contributed by atoms with Crippen molar-refractivity contribution in [3.05, 3.63) is 36.5 Å². The van der Waals surface area contributed by atoms with Crippen molar-refractivity contribution in [2.75, 3.05) is 19.8 Å². The van der Waals surface area contributed by atoms with Gasteiger partial charge in [-0.15, -0.1) is 0 Å². The molecule has 12 heteroatoms. The molecule has 0 saturated carbocycles. The van der Waals surface area contributed by atoms with E-state index in [1.165, 1.54) is 51.4 Å². The fraction of sp³-hybridized carbons (Fsp3) is 0.769. The number of carboxylic acid groups (broad SMARTS) is 1. The van der Waals surface area contributed by atoms with Crippen LogP contribution in [0.4, 0.5) is 0 Å². The van der Waals surface area contributed by atoms with Crippen LogP contribution in [-0.4, -0.2) is 64.9 Å². The zero-order valence-electron chi connectivity index (χ0n) is 31.7. The number of aliphatic carboxylic acids is 1. The van der Waals surface area contributed by atoms with Gasteiger partial charge in [0, 0.05) is 12.8 Å². The molecule has 0 radical (unpaired) electrons. The van der Waals surface area contributed by atoms with Crippen LogP contribution >= 0.6 is 7.82 Å². The molecule has 3 atom stereocenters. The normalized spacial score (nSPS) is 14.3. The van der Waals surface area contributed by atoms with Crippen molar-refractivity contribution in [1.29, 1.82) is 0 Å². The Morgan fingerprint density at radius 3 is 1.71 bits per heavy atom. The number of unbranched alkanes of at least 4 members (excludes halogenated alkanes) is 16. The van der Waals surface area contributed by atoms with Crippen LogP contribution in [0.25, 0.3) is 0 Å². The fourth-order valence-corrected chi connectivity index (χ4v) is 5.92. The second kappa shape index (κ2) is 34.8. The lowest BCUT2D eigenvalue weighted by atomic mass is 10.1. The number of carboxylic acids is 1. The predicted molar refractivity (Wildman–Crippen MR) is 203 cm³/mol. The number of carbonyl (C=O) groups is 3. The minimum atomic E-state index is -4.75. The number of rotatable bonds is 36. The van der Waals surface area contributed by atoms with Crippen LogP contribution in [0.1, 0.15) is 162 Å². The maximum atomic E-state index is 12.2. The van der Waals surface area contributed by atoms with Gasteiger partial charge in [-0.05, 0) is 44.9 Å². The summed E-state index contributed by atoms with van der Waals surface area (Å²) in [6.45, 7) is 2.43. The van der Waals surface area contributed by atoms with E-state index in [1.54, 1.807) is 0 Å². The van der Waals surface area contributed by atoms with Gasteiger partial charge in [-0.3, -0.25) is 18.6 Å². The number of carbonyl (C=O) groups excluding carboxylic acids is 2. The molecule has 1 amide bonds. The summed E-state index contributed by atoms with van der Waals surface area (Å²) in [5.41, 5.74) is 0.